The third kappa shape index (κ3) is 2.76. The van der Waals surface area contributed by atoms with E-state index >= 15 is 0 Å². The predicted molar refractivity (Wildman–Crippen MR) is 78.1 cm³/mol. The van der Waals surface area contributed by atoms with Crippen molar-refractivity contribution in [1.82, 2.24) is 10.2 Å². The average Bonchev–Trinajstić information content (AvgIpc) is 2.93. The maximum Gasteiger partial charge on any atom is 0.150 e. The molecule has 0 amide bonds. The summed E-state index contributed by atoms with van der Waals surface area (Å²) in [6, 6.07) is 4.40. The number of aromatic amines is 1. The molecule has 1 saturated heterocycles. The summed E-state index contributed by atoms with van der Waals surface area (Å²) in [5.74, 6) is -0.131. The van der Waals surface area contributed by atoms with Crippen LogP contribution in [0.4, 0.5) is 14.6 Å². The van der Waals surface area contributed by atoms with E-state index in [2.05, 4.69) is 15.1 Å². The minimum atomic E-state index is -0.454. The van der Waals surface area contributed by atoms with E-state index in [4.69, 9.17) is 5.73 Å². The van der Waals surface area contributed by atoms with Gasteiger partial charge in [-0.1, -0.05) is 0 Å². The fourth-order valence-corrected chi connectivity index (χ4v) is 2.59. The van der Waals surface area contributed by atoms with Crippen molar-refractivity contribution >= 4 is 5.82 Å². The number of benzene rings is 1. The number of hydrogen-bond donors (Lipinski definition) is 2. The first-order valence-corrected chi connectivity index (χ1v) is 7.06. The lowest BCUT2D eigenvalue weighted by Gasteiger charge is -2.29. The topological polar surface area (TPSA) is 57.9 Å². The Hall–Kier alpha value is -1.95. The highest BCUT2D eigenvalue weighted by Gasteiger charge is 2.19. The quantitative estimate of drug-likeness (QED) is 0.894. The predicted octanol–water partition coefficient (Wildman–Crippen LogP) is 2.59. The Kier molecular flexibility index (Phi) is 3.63. The van der Waals surface area contributed by atoms with Crippen LogP contribution in [0, 0.1) is 18.6 Å². The van der Waals surface area contributed by atoms with Crippen molar-refractivity contribution < 1.29 is 8.78 Å². The summed E-state index contributed by atoms with van der Waals surface area (Å²) >= 11 is 0. The molecule has 0 spiro atoms. The van der Waals surface area contributed by atoms with Crippen molar-refractivity contribution in [2.45, 2.75) is 25.8 Å². The summed E-state index contributed by atoms with van der Waals surface area (Å²) in [5, 5.41) is 6.99. The molecule has 3 N–H and O–H groups in total. The minimum absolute atomic E-state index is 0.200. The lowest BCUT2D eigenvalue weighted by atomic mass is 10.1. The monoisotopic (exact) mass is 292 g/mol. The Morgan fingerprint density at radius 3 is 2.62 bits per heavy atom. The molecule has 0 bridgehead atoms. The summed E-state index contributed by atoms with van der Waals surface area (Å²) in [5.41, 5.74) is 6.85. The van der Waals surface area contributed by atoms with E-state index in [0.29, 0.717) is 11.3 Å². The van der Waals surface area contributed by atoms with Gasteiger partial charge in [0.05, 0.1) is 5.69 Å². The van der Waals surface area contributed by atoms with Gasteiger partial charge < -0.3 is 10.6 Å². The first-order chi connectivity index (χ1) is 10.0. The Labute approximate surface area is 122 Å². The second-order valence-electron chi connectivity index (χ2n) is 5.55. The van der Waals surface area contributed by atoms with Crippen LogP contribution in [0.1, 0.15) is 18.4 Å². The van der Waals surface area contributed by atoms with Crippen LogP contribution < -0.4 is 10.6 Å². The van der Waals surface area contributed by atoms with E-state index in [1.807, 2.05) is 0 Å². The Morgan fingerprint density at radius 1 is 1.19 bits per heavy atom. The van der Waals surface area contributed by atoms with Gasteiger partial charge in [-0.15, -0.1) is 0 Å². The molecule has 21 heavy (non-hydrogen) atoms. The molecule has 1 aliphatic heterocycles. The van der Waals surface area contributed by atoms with Gasteiger partial charge in [0.2, 0.25) is 0 Å². The zero-order valence-corrected chi connectivity index (χ0v) is 11.9. The maximum absolute atomic E-state index is 14.0. The largest absolute Gasteiger partial charge is 0.355 e. The fraction of sp³-hybridized carbons (Fsp3) is 0.400. The Bertz CT molecular complexity index is 645. The fourth-order valence-electron chi connectivity index (χ4n) is 2.59. The van der Waals surface area contributed by atoms with E-state index in [1.165, 1.54) is 19.1 Å². The number of H-pyrrole nitrogens is 1. The molecule has 0 radical (unpaired) electrons. The van der Waals surface area contributed by atoms with E-state index in [9.17, 15) is 8.78 Å². The lowest BCUT2D eigenvalue weighted by Crippen LogP contribution is -2.39. The van der Waals surface area contributed by atoms with Gasteiger partial charge in [0.15, 0.2) is 5.82 Å². The molecule has 0 atom stereocenters. The molecule has 1 aromatic carbocycles. The summed E-state index contributed by atoms with van der Waals surface area (Å²) in [6.07, 6.45) is 1.82. The molecule has 3 rings (SSSR count). The highest BCUT2D eigenvalue weighted by atomic mass is 19.1. The summed E-state index contributed by atoms with van der Waals surface area (Å²) in [6.45, 7) is 3.20. The minimum Gasteiger partial charge on any atom is -0.355 e. The van der Waals surface area contributed by atoms with Crippen molar-refractivity contribution in [2.24, 2.45) is 5.73 Å². The molecular formula is C15H18F2N4. The van der Waals surface area contributed by atoms with E-state index in [0.717, 1.165) is 31.7 Å². The van der Waals surface area contributed by atoms with Crippen molar-refractivity contribution in [3.05, 3.63) is 35.4 Å². The maximum atomic E-state index is 14.0. The highest BCUT2D eigenvalue weighted by Crippen LogP contribution is 2.27. The van der Waals surface area contributed by atoms with Gasteiger partial charge in [0, 0.05) is 30.8 Å². The molecule has 2 aromatic rings. The normalized spacial score (nSPS) is 16.5. The van der Waals surface area contributed by atoms with Crippen LogP contribution in [-0.4, -0.2) is 29.3 Å². The number of aryl methyl sites for hydroxylation is 1. The molecule has 1 aromatic heterocycles. The van der Waals surface area contributed by atoms with Crippen LogP contribution >= 0.6 is 0 Å². The average molecular weight is 292 g/mol. The van der Waals surface area contributed by atoms with Crippen LogP contribution in [0.15, 0.2) is 18.2 Å². The van der Waals surface area contributed by atoms with E-state index in [1.54, 1.807) is 6.07 Å². The number of halogens is 2. The molecule has 2 heterocycles. The van der Waals surface area contributed by atoms with Crippen molar-refractivity contribution in [3.8, 4) is 11.3 Å². The third-order valence-corrected chi connectivity index (χ3v) is 3.97. The first kappa shape index (κ1) is 14.0. The highest BCUT2D eigenvalue weighted by molar-refractivity contribution is 5.64. The molecule has 1 fully saturated rings. The van der Waals surface area contributed by atoms with Crippen LogP contribution in [0.3, 0.4) is 0 Å². The van der Waals surface area contributed by atoms with Gasteiger partial charge in [0.25, 0.3) is 0 Å². The molecular weight excluding hydrogens is 274 g/mol. The first-order valence-electron chi connectivity index (χ1n) is 7.06. The summed E-state index contributed by atoms with van der Waals surface area (Å²) in [4.78, 5) is 2.10. The number of nitrogens with one attached hydrogen (secondary N) is 1. The van der Waals surface area contributed by atoms with Crippen LogP contribution in [0.5, 0.6) is 0 Å². The van der Waals surface area contributed by atoms with Gasteiger partial charge in [-0.25, -0.2) is 8.78 Å². The summed E-state index contributed by atoms with van der Waals surface area (Å²) in [7, 11) is 0. The smallest absolute Gasteiger partial charge is 0.150 e. The van der Waals surface area contributed by atoms with Crippen molar-refractivity contribution in [2.75, 3.05) is 18.0 Å². The lowest BCUT2D eigenvalue weighted by molar-refractivity contribution is 0.498. The standard InChI is InChI=1S/C15H18F2N4/c1-9-6-13(17)11(7-12(9)16)14-8-15(20-19-14)21-4-2-10(18)3-5-21/h6-8,10H,2-5,18H2,1H3,(H,19,20). The zero-order valence-electron chi connectivity index (χ0n) is 11.9. The Balaban J connectivity index is 1.87. The Morgan fingerprint density at radius 2 is 1.90 bits per heavy atom. The molecule has 0 unspecified atom stereocenters. The van der Waals surface area contributed by atoms with Crippen LogP contribution in [-0.2, 0) is 0 Å². The molecule has 6 heteroatoms. The number of nitrogens with two attached hydrogens (primary N) is 1. The van der Waals surface area contributed by atoms with Crippen molar-refractivity contribution in [3.63, 3.8) is 0 Å². The molecule has 112 valence electrons. The van der Waals surface area contributed by atoms with Gasteiger partial charge in [-0.05, 0) is 37.5 Å². The number of nitrogens with zero attached hydrogens (tertiary/aromatic N) is 2. The second-order valence-corrected chi connectivity index (χ2v) is 5.55. The third-order valence-electron chi connectivity index (χ3n) is 3.97. The second kappa shape index (κ2) is 5.44. The number of anilines is 1. The van der Waals surface area contributed by atoms with Gasteiger partial charge in [0.1, 0.15) is 11.6 Å². The molecule has 0 saturated carbocycles. The number of rotatable bonds is 2. The van der Waals surface area contributed by atoms with E-state index < -0.39 is 11.6 Å². The van der Waals surface area contributed by atoms with E-state index in [-0.39, 0.29) is 11.6 Å². The molecule has 4 nitrogen and oxygen atoms in total. The number of piperidine rings is 1. The molecule has 1 aliphatic rings. The molecule has 0 aliphatic carbocycles. The SMILES string of the molecule is Cc1cc(F)c(-c2cc(N3CCC(N)CC3)n[nH]2)cc1F. The van der Waals surface area contributed by atoms with Gasteiger partial charge >= 0.3 is 0 Å². The van der Waals surface area contributed by atoms with Gasteiger partial charge in [-0.2, -0.15) is 5.10 Å². The van der Waals surface area contributed by atoms with Crippen LogP contribution in [0.2, 0.25) is 0 Å². The number of aromatic nitrogens is 2. The van der Waals surface area contributed by atoms with Crippen LogP contribution in [0.25, 0.3) is 11.3 Å². The zero-order chi connectivity index (χ0) is 15.0. The van der Waals surface area contributed by atoms with Crippen molar-refractivity contribution in [1.29, 1.82) is 0 Å². The summed E-state index contributed by atoms with van der Waals surface area (Å²) < 4.78 is 27.6. The number of hydrogen-bond acceptors (Lipinski definition) is 3. The van der Waals surface area contributed by atoms with Gasteiger partial charge in [-0.3, -0.25) is 5.10 Å².